The van der Waals surface area contributed by atoms with Gasteiger partial charge in [-0.2, -0.15) is 5.26 Å². The van der Waals surface area contributed by atoms with Crippen LogP contribution >= 0.6 is 23.1 Å². The summed E-state index contributed by atoms with van der Waals surface area (Å²) in [6.07, 6.45) is 0.268. The molecular formula is C21H21N5O2S2. The summed E-state index contributed by atoms with van der Waals surface area (Å²) in [4.78, 5) is 14.7. The number of thioether (sulfide) groups is 1. The predicted molar refractivity (Wildman–Crippen MR) is 121 cm³/mol. The van der Waals surface area contributed by atoms with E-state index in [1.54, 1.807) is 12.0 Å². The Hall–Kier alpha value is -3.09. The van der Waals surface area contributed by atoms with Gasteiger partial charge in [-0.15, -0.1) is 10.2 Å². The molecule has 1 atom stereocenters. The van der Waals surface area contributed by atoms with Gasteiger partial charge in [-0.05, 0) is 31.2 Å². The van der Waals surface area contributed by atoms with Gasteiger partial charge in [0.1, 0.15) is 5.75 Å². The number of hydrogen-bond acceptors (Lipinski definition) is 8. The highest BCUT2D eigenvalue weighted by Gasteiger charge is 2.24. The summed E-state index contributed by atoms with van der Waals surface area (Å²) < 4.78 is 6.02. The minimum Gasteiger partial charge on any atom is -0.495 e. The minimum atomic E-state index is -0.379. The topological polar surface area (TPSA) is 91.1 Å². The van der Waals surface area contributed by atoms with Gasteiger partial charge in [0.2, 0.25) is 11.0 Å². The molecule has 2 aromatic carbocycles. The Bertz CT molecular complexity index is 1020. The molecule has 30 heavy (non-hydrogen) atoms. The van der Waals surface area contributed by atoms with Crippen LogP contribution in [0.25, 0.3) is 0 Å². The zero-order valence-corrected chi connectivity index (χ0v) is 18.2. The number of carbonyl (C=O) groups is 1. The van der Waals surface area contributed by atoms with Gasteiger partial charge >= 0.3 is 0 Å². The van der Waals surface area contributed by atoms with Crippen LogP contribution in [0.3, 0.4) is 0 Å². The molecule has 1 amide bonds. The van der Waals surface area contributed by atoms with Crippen molar-refractivity contribution in [3.8, 4) is 11.8 Å². The van der Waals surface area contributed by atoms with E-state index < -0.39 is 0 Å². The maximum atomic E-state index is 13.1. The lowest BCUT2D eigenvalue weighted by molar-refractivity contribution is -0.117. The number of hydrogen-bond donors (Lipinski definition) is 1. The summed E-state index contributed by atoms with van der Waals surface area (Å²) in [5, 5.41) is 20.7. The third-order valence-electron chi connectivity index (χ3n) is 4.16. The molecule has 3 rings (SSSR count). The Balaban J connectivity index is 1.68. The second-order valence-corrected chi connectivity index (χ2v) is 8.76. The average molecular weight is 440 g/mol. The Labute approximate surface area is 183 Å². The van der Waals surface area contributed by atoms with E-state index in [1.807, 2.05) is 61.5 Å². The van der Waals surface area contributed by atoms with Gasteiger partial charge in [-0.3, -0.25) is 4.79 Å². The van der Waals surface area contributed by atoms with Gasteiger partial charge in [-0.25, -0.2) is 0 Å². The van der Waals surface area contributed by atoms with Gasteiger partial charge in [0.15, 0.2) is 4.34 Å². The minimum absolute atomic E-state index is 0.0733. The maximum Gasteiger partial charge on any atom is 0.240 e. The molecule has 0 fully saturated rings. The molecule has 0 aliphatic rings. The second kappa shape index (κ2) is 10.6. The highest BCUT2D eigenvalue weighted by atomic mass is 32.2. The number of para-hydroxylation sites is 3. The number of anilines is 3. The molecule has 0 bridgehead atoms. The Morgan fingerprint density at radius 1 is 1.23 bits per heavy atom. The fourth-order valence-electron chi connectivity index (χ4n) is 2.73. The van der Waals surface area contributed by atoms with E-state index >= 15 is 0 Å². The van der Waals surface area contributed by atoms with Crippen molar-refractivity contribution in [2.75, 3.05) is 23.9 Å². The predicted octanol–water partition coefficient (Wildman–Crippen LogP) is 4.72. The van der Waals surface area contributed by atoms with Crippen molar-refractivity contribution < 1.29 is 9.53 Å². The molecule has 0 saturated carbocycles. The van der Waals surface area contributed by atoms with E-state index in [0.717, 1.165) is 11.4 Å². The normalized spacial score (nSPS) is 11.4. The first-order chi connectivity index (χ1) is 14.6. The van der Waals surface area contributed by atoms with E-state index in [0.29, 0.717) is 21.8 Å². The van der Waals surface area contributed by atoms with Crippen LogP contribution in [-0.4, -0.2) is 35.0 Å². The van der Waals surface area contributed by atoms with Crippen LogP contribution in [0.1, 0.15) is 13.3 Å². The lowest BCUT2D eigenvalue weighted by Gasteiger charge is -2.24. The summed E-state index contributed by atoms with van der Waals surface area (Å²) in [5.41, 5.74) is 1.57. The SMILES string of the molecule is COc1ccccc1Nc1nnc(SC(C)C(=O)N(CCC#N)c2ccccc2)s1. The molecule has 0 saturated heterocycles. The third kappa shape index (κ3) is 5.49. The van der Waals surface area contributed by atoms with Crippen LogP contribution in [0.2, 0.25) is 0 Å². The molecule has 1 unspecified atom stereocenters. The summed E-state index contributed by atoms with van der Waals surface area (Å²) in [6, 6.07) is 19.0. The fourth-order valence-corrected chi connectivity index (χ4v) is 4.70. The lowest BCUT2D eigenvalue weighted by Crippen LogP contribution is -2.37. The Morgan fingerprint density at radius 3 is 2.70 bits per heavy atom. The number of amides is 1. The molecule has 0 aliphatic carbocycles. The summed E-state index contributed by atoms with van der Waals surface area (Å²) in [5.74, 6) is 0.636. The van der Waals surface area contributed by atoms with Crippen molar-refractivity contribution in [3.05, 3.63) is 54.6 Å². The molecule has 0 spiro atoms. The number of benzene rings is 2. The van der Waals surface area contributed by atoms with Crippen molar-refractivity contribution in [1.29, 1.82) is 5.26 Å². The standard InChI is InChI=1S/C21H21N5O2S2/c1-15(19(27)26(14-8-13-22)16-9-4-3-5-10-16)29-21-25-24-20(30-21)23-17-11-6-7-12-18(17)28-2/h3-7,9-12,15H,8,14H2,1-2H3,(H,23,24). The number of rotatable bonds is 9. The monoisotopic (exact) mass is 439 g/mol. The summed E-state index contributed by atoms with van der Waals surface area (Å²) in [6.45, 7) is 2.19. The number of carbonyl (C=O) groups excluding carboxylic acids is 1. The van der Waals surface area contributed by atoms with Gasteiger partial charge < -0.3 is 15.0 Å². The van der Waals surface area contributed by atoms with Crippen LogP contribution in [0.5, 0.6) is 5.75 Å². The molecule has 3 aromatic rings. The zero-order chi connectivity index (χ0) is 21.3. The molecule has 1 heterocycles. The first kappa shape index (κ1) is 21.6. The first-order valence-electron chi connectivity index (χ1n) is 9.26. The van der Waals surface area contributed by atoms with E-state index in [1.165, 1.54) is 23.1 Å². The average Bonchev–Trinajstić information content (AvgIpc) is 3.21. The number of nitrogens with zero attached hydrogens (tertiary/aromatic N) is 4. The Morgan fingerprint density at radius 2 is 1.97 bits per heavy atom. The zero-order valence-electron chi connectivity index (χ0n) is 16.6. The van der Waals surface area contributed by atoms with E-state index in [-0.39, 0.29) is 17.6 Å². The van der Waals surface area contributed by atoms with Gasteiger partial charge in [-0.1, -0.05) is 53.4 Å². The Kier molecular flexibility index (Phi) is 7.65. The quantitative estimate of drug-likeness (QED) is 0.482. The maximum absolute atomic E-state index is 13.1. The van der Waals surface area contributed by atoms with Crippen LogP contribution < -0.4 is 15.0 Å². The van der Waals surface area contributed by atoms with Crippen LogP contribution in [0.4, 0.5) is 16.5 Å². The van der Waals surface area contributed by atoms with Crippen molar-refractivity contribution in [1.82, 2.24) is 10.2 Å². The number of aromatic nitrogens is 2. The summed E-state index contributed by atoms with van der Waals surface area (Å²) >= 11 is 2.72. The first-order valence-corrected chi connectivity index (χ1v) is 11.0. The molecule has 9 heteroatoms. The van der Waals surface area contributed by atoms with Crippen LogP contribution in [0, 0.1) is 11.3 Å². The van der Waals surface area contributed by atoms with Crippen molar-refractivity contribution in [2.24, 2.45) is 0 Å². The smallest absolute Gasteiger partial charge is 0.240 e. The molecular weight excluding hydrogens is 418 g/mol. The van der Waals surface area contributed by atoms with Gasteiger partial charge in [0, 0.05) is 12.2 Å². The van der Waals surface area contributed by atoms with Gasteiger partial charge in [0.25, 0.3) is 0 Å². The fraction of sp³-hybridized carbons (Fsp3) is 0.238. The highest BCUT2D eigenvalue weighted by molar-refractivity contribution is 8.02. The van der Waals surface area contributed by atoms with Crippen molar-refractivity contribution in [3.63, 3.8) is 0 Å². The van der Waals surface area contributed by atoms with E-state index in [2.05, 4.69) is 21.6 Å². The van der Waals surface area contributed by atoms with E-state index in [9.17, 15) is 4.79 Å². The lowest BCUT2D eigenvalue weighted by atomic mass is 10.2. The highest BCUT2D eigenvalue weighted by Crippen LogP contribution is 2.33. The molecule has 7 nitrogen and oxygen atoms in total. The number of nitrogens with one attached hydrogen (secondary N) is 1. The number of ether oxygens (including phenoxy) is 1. The molecule has 1 N–H and O–H groups in total. The second-order valence-electron chi connectivity index (χ2n) is 6.19. The van der Waals surface area contributed by atoms with Gasteiger partial charge in [0.05, 0.1) is 30.5 Å². The van der Waals surface area contributed by atoms with Crippen molar-refractivity contribution in [2.45, 2.75) is 22.9 Å². The van der Waals surface area contributed by atoms with Crippen molar-refractivity contribution >= 4 is 45.5 Å². The third-order valence-corrected chi connectivity index (χ3v) is 6.17. The van der Waals surface area contributed by atoms with E-state index in [4.69, 9.17) is 10.00 Å². The molecule has 0 aliphatic heterocycles. The summed E-state index contributed by atoms with van der Waals surface area (Å²) in [7, 11) is 1.61. The van der Waals surface area contributed by atoms with Crippen LogP contribution in [0.15, 0.2) is 58.9 Å². The molecule has 1 aromatic heterocycles. The number of methoxy groups -OCH3 is 1. The molecule has 154 valence electrons. The van der Waals surface area contributed by atoms with Crippen LogP contribution in [-0.2, 0) is 4.79 Å². The molecule has 0 radical (unpaired) electrons. The largest absolute Gasteiger partial charge is 0.495 e. The number of nitriles is 1.